The monoisotopic (exact) mass is 457 g/mol. The number of carbonyl (C=O) groups is 1. The molecule has 2 aliphatic rings. The zero-order valence-corrected chi connectivity index (χ0v) is 19.9. The molecule has 6 nitrogen and oxygen atoms in total. The molecule has 0 N–H and O–H groups in total. The molecule has 5 rings (SSSR count). The van der Waals surface area contributed by atoms with Crippen LogP contribution in [0, 0.1) is 0 Å². The molecule has 0 unspecified atom stereocenters. The summed E-state index contributed by atoms with van der Waals surface area (Å²) in [7, 11) is 3.51. The van der Waals surface area contributed by atoms with E-state index in [4.69, 9.17) is 9.47 Å². The van der Waals surface area contributed by atoms with Crippen molar-refractivity contribution in [3.63, 3.8) is 0 Å². The highest BCUT2D eigenvalue weighted by Gasteiger charge is 2.23. The Balaban J connectivity index is 1.30. The van der Waals surface area contributed by atoms with Crippen LogP contribution in [0.2, 0.25) is 0 Å². The quantitative estimate of drug-likeness (QED) is 0.446. The standard InChI is InChI=1S/C28H31N3O3/c1-30(22-6-8-23(9-7-22)31-15-3-16-31)24-10-11-25-20(13-17-34-27(25)18-24)4-5-21-19-29-14-12-26(21)28(32)33-2/h6-12,14,18-20H,3-5,13,15-17H2,1-2H3/t20-/m1/s1. The average molecular weight is 458 g/mol. The summed E-state index contributed by atoms with van der Waals surface area (Å²) in [5.41, 5.74) is 6.33. The normalized spacial score (nSPS) is 16.8. The van der Waals surface area contributed by atoms with E-state index in [1.165, 1.54) is 24.8 Å². The van der Waals surface area contributed by atoms with Crippen molar-refractivity contribution in [1.82, 2.24) is 4.98 Å². The third kappa shape index (κ3) is 4.45. The molecule has 3 heterocycles. The summed E-state index contributed by atoms with van der Waals surface area (Å²) >= 11 is 0. The molecule has 0 bridgehead atoms. The highest BCUT2D eigenvalue weighted by atomic mass is 16.5. The van der Waals surface area contributed by atoms with E-state index >= 15 is 0 Å². The van der Waals surface area contributed by atoms with E-state index in [0.29, 0.717) is 18.1 Å². The number of carbonyl (C=O) groups excluding carboxylic acids is 1. The zero-order valence-electron chi connectivity index (χ0n) is 19.9. The molecular weight excluding hydrogens is 426 g/mol. The number of ether oxygens (including phenoxy) is 2. The summed E-state index contributed by atoms with van der Waals surface area (Å²) in [6.45, 7) is 3.01. The summed E-state index contributed by atoms with van der Waals surface area (Å²) in [6.07, 6.45) is 7.36. The van der Waals surface area contributed by atoms with Crippen LogP contribution in [0.25, 0.3) is 0 Å². The minimum atomic E-state index is -0.310. The highest BCUT2D eigenvalue weighted by Crippen LogP contribution is 2.40. The molecule has 1 atom stereocenters. The summed E-state index contributed by atoms with van der Waals surface area (Å²) in [5, 5.41) is 0. The van der Waals surface area contributed by atoms with Gasteiger partial charge in [0.15, 0.2) is 0 Å². The Bertz CT molecular complexity index is 1160. The van der Waals surface area contributed by atoms with E-state index in [1.54, 1.807) is 18.5 Å². The van der Waals surface area contributed by atoms with Crippen LogP contribution in [-0.4, -0.2) is 44.8 Å². The minimum absolute atomic E-state index is 0.310. The van der Waals surface area contributed by atoms with E-state index in [1.807, 2.05) is 0 Å². The van der Waals surface area contributed by atoms with Gasteiger partial charge in [-0.15, -0.1) is 0 Å². The van der Waals surface area contributed by atoms with Crippen molar-refractivity contribution >= 4 is 23.0 Å². The molecule has 1 saturated heterocycles. The number of anilines is 3. The molecule has 0 amide bonds. The lowest BCUT2D eigenvalue weighted by Gasteiger charge is -2.33. The Morgan fingerprint density at radius 1 is 1.15 bits per heavy atom. The number of benzene rings is 2. The number of aryl methyl sites for hydroxylation is 1. The van der Waals surface area contributed by atoms with Crippen molar-refractivity contribution in [2.75, 3.05) is 43.7 Å². The van der Waals surface area contributed by atoms with Gasteiger partial charge in [-0.25, -0.2) is 4.79 Å². The maximum atomic E-state index is 12.1. The first kappa shape index (κ1) is 22.3. The first-order chi connectivity index (χ1) is 16.6. The average Bonchev–Trinajstić information content (AvgIpc) is 2.85. The number of rotatable bonds is 7. The van der Waals surface area contributed by atoms with Crippen LogP contribution in [0.1, 0.15) is 46.7 Å². The molecule has 1 fully saturated rings. The Kier molecular flexibility index (Phi) is 6.39. The van der Waals surface area contributed by atoms with Crippen molar-refractivity contribution < 1.29 is 14.3 Å². The molecule has 6 heteroatoms. The second kappa shape index (κ2) is 9.75. The van der Waals surface area contributed by atoms with Gasteiger partial charge >= 0.3 is 5.97 Å². The van der Waals surface area contributed by atoms with Gasteiger partial charge in [-0.1, -0.05) is 6.07 Å². The van der Waals surface area contributed by atoms with Gasteiger partial charge in [0.1, 0.15) is 5.75 Å². The van der Waals surface area contributed by atoms with E-state index in [0.717, 1.165) is 55.0 Å². The zero-order chi connectivity index (χ0) is 23.5. The topological polar surface area (TPSA) is 54.9 Å². The second-order valence-corrected chi connectivity index (χ2v) is 9.04. The fraction of sp³-hybridized carbons (Fsp3) is 0.357. The van der Waals surface area contributed by atoms with E-state index in [2.05, 4.69) is 64.3 Å². The van der Waals surface area contributed by atoms with Gasteiger partial charge in [0, 0.05) is 55.7 Å². The molecule has 0 saturated carbocycles. The fourth-order valence-electron chi connectivity index (χ4n) is 4.84. The van der Waals surface area contributed by atoms with E-state index in [9.17, 15) is 4.79 Å². The lowest BCUT2D eigenvalue weighted by Crippen LogP contribution is -2.36. The van der Waals surface area contributed by atoms with Crippen molar-refractivity contribution in [3.8, 4) is 5.75 Å². The van der Waals surface area contributed by atoms with Crippen molar-refractivity contribution in [1.29, 1.82) is 0 Å². The number of fused-ring (bicyclic) bond motifs is 1. The number of hydrogen-bond acceptors (Lipinski definition) is 6. The van der Waals surface area contributed by atoms with Crippen LogP contribution in [0.4, 0.5) is 17.1 Å². The van der Waals surface area contributed by atoms with Crippen LogP contribution >= 0.6 is 0 Å². The van der Waals surface area contributed by atoms with Crippen LogP contribution in [0.15, 0.2) is 60.9 Å². The number of nitrogens with zero attached hydrogens (tertiary/aromatic N) is 3. The predicted octanol–water partition coefficient (Wildman–Crippen LogP) is 5.35. The largest absolute Gasteiger partial charge is 0.493 e. The fourth-order valence-corrected chi connectivity index (χ4v) is 4.84. The van der Waals surface area contributed by atoms with Gasteiger partial charge in [-0.2, -0.15) is 0 Å². The van der Waals surface area contributed by atoms with Crippen LogP contribution in [-0.2, 0) is 11.2 Å². The van der Waals surface area contributed by atoms with Gasteiger partial charge in [0.25, 0.3) is 0 Å². The lowest BCUT2D eigenvalue weighted by atomic mass is 9.87. The first-order valence-electron chi connectivity index (χ1n) is 12.0. The SMILES string of the molecule is COC(=O)c1ccncc1CC[C@@H]1CCOc2cc(N(C)c3ccc(N4CCC4)cc3)ccc21. The Labute approximate surface area is 201 Å². The Morgan fingerprint density at radius 3 is 2.68 bits per heavy atom. The number of pyridine rings is 1. The van der Waals surface area contributed by atoms with Gasteiger partial charge in [-0.3, -0.25) is 4.98 Å². The number of hydrogen-bond donors (Lipinski definition) is 0. The number of esters is 1. The summed E-state index contributed by atoms with van der Waals surface area (Å²) in [6, 6.07) is 17.0. The Morgan fingerprint density at radius 2 is 1.94 bits per heavy atom. The molecule has 1 aromatic heterocycles. The summed E-state index contributed by atoms with van der Waals surface area (Å²) in [4.78, 5) is 20.9. The van der Waals surface area contributed by atoms with E-state index < -0.39 is 0 Å². The molecule has 2 aliphatic heterocycles. The van der Waals surface area contributed by atoms with Gasteiger partial charge in [0.05, 0.1) is 19.3 Å². The second-order valence-electron chi connectivity index (χ2n) is 9.04. The van der Waals surface area contributed by atoms with Crippen LogP contribution < -0.4 is 14.5 Å². The van der Waals surface area contributed by atoms with Crippen molar-refractivity contribution in [2.45, 2.75) is 31.6 Å². The first-order valence-corrected chi connectivity index (χ1v) is 12.0. The maximum absolute atomic E-state index is 12.1. The molecule has 34 heavy (non-hydrogen) atoms. The number of methoxy groups -OCH3 is 1. The molecule has 176 valence electrons. The number of aromatic nitrogens is 1. The van der Waals surface area contributed by atoms with Gasteiger partial charge in [0.2, 0.25) is 0 Å². The highest BCUT2D eigenvalue weighted by molar-refractivity contribution is 5.90. The van der Waals surface area contributed by atoms with Gasteiger partial charge in [-0.05, 0) is 79.1 Å². The van der Waals surface area contributed by atoms with Crippen LogP contribution in [0.3, 0.4) is 0 Å². The minimum Gasteiger partial charge on any atom is -0.493 e. The summed E-state index contributed by atoms with van der Waals surface area (Å²) in [5.74, 6) is 1.03. The molecule has 0 spiro atoms. The van der Waals surface area contributed by atoms with Crippen LogP contribution in [0.5, 0.6) is 5.75 Å². The lowest BCUT2D eigenvalue weighted by molar-refractivity contribution is 0.0599. The predicted molar refractivity (Wildman–Crippen MR) is 135 cm³/mol. The molecule has 0 radical (unpaired) electrons. The van der Waals surface area contributed by atoms with Crippen molar-refractivity contribution in [3.05, 3.63) is 77.6 Å². The maximum Gasteiger partial charge on any atom is 0.338 e. The van der Waals surface area contributed by atoms with E-state index in [-0.39, 0.29) is 5.97 Å². The summed E-state index contributed by atoms with van der Waals surface area (Å²) < 4.78 is 11.0. The van der Waals surface area contributed by atoms with Crippen molar-refractivity contribution in [2.24, 2.45) is 0 Å². The third-order valence-electron chi connectivity index (χ3n) is 7.08. The smallest absolute Gasteiger partial charge is 0.338 e. The molecule has 3 aromatic rings. The Hall–Kier alpha value is -3.54. The van der Waals surface area contributed by atoms with Gasteiger partial charge < -0.3 is 19.3 Å². The molecule has 0 aliphatic carbocycles. The molecular formula is C28H31N3O3. The molecule has 2 aromatic carbocycles. The third-order valence-corrected chi connectivity index (χ3v) is 7.08.